The number of hydrogen-bond acceptors (Lipinski definition) is 2. The highest BCUT2D eigenvalue weighted by Crippen LogP contribution is 2.10. The molecule has 0 amide bonds. The normalized spacial score (nSPS) is 9.73. The van der Waals surface area contributed by atoms with E-state index in [0.717, 1.165) is 4.47 Å². The molecule has 0 saturated heterocycles. The van der Waals surface area contributed by atoms with E-state index in [1.165, 1.54) is 4.57 Å². The van der Waals surface area contributed by atoms with Crippen molar-refractivity contribution >= 4 is 21.6 Å². The van der Waals surface area contributed by atoms with Gasteiger partial charge in [-0.15, -0.1) is 0 Å². The van der Waals surface area contributed by atoms with Gasteiger partial charge in [0, 0.05) is 24.8 Å². The van der Waals surface area contributed by atoms with E-state index in [-0.39, 0.29) is 5.56 Å². The number of pyridine rings is 1. The van der Waals surface area contributed by atoms with Gasteiger partial charge < -0.3 is 9.88 Å². The van der Waals surface area contributed by atoms with E-state index in [9.17, 15) is 4.79 Å². The Morgan fingerprint density at radius 1 is 1.64 bits per heavy atom. The first kappa shape index (κ1) is 8.33. The topological polar surface area (TPSA) is 34.0 Å². The van der Waals surface area contributed by atoms with Crippen LogP contribution in [0.3, 0.4) is 0 Å². The second kappa shape index (κ2) is 3.09. The summed E-state index contributed by atoms with van der Waals surface area (Å²) in [5.74, 6) is 0. The zero-order valence-electron chi connectivity index (χ0n) is 6.39. The van der Waals surface area contributed by atoms with Gasteiger partial charge >= 0.3 is 0 Å². The molecular formula is C7H9BrN2O. The van der Waals surface area contributed by atoms with Crippen molar-refractivity contribution in [1.82, 2.24) is 4.57 Å². The van der Waals surface area contributed by atoms with Crippen LogP contribution in [0.2, 0.25) is 0 Å². The summed E-state index contributed by atoms with van der Waals surface area (Å²) in [6.07, 6.45) is 1.73. The van der Waals surface area contributed by atoms with Gasteiger partial charge in [-0.3, -0.25) is 4.79 Å². The third-order valence-electron chi connectivity index (χ3n) is 1.42. The smallest absolute Gasteiger partial charge is 0.273 e. The van der Waals surface area contributed by atoms with E-state index in [4.69, 9.17) is 0 Å². The molecule has 0 fully saturated rings. The number of halogens is 1. The third-order valence-corrected chi connectivity index (χ3v) is 1.85. The first-order valence-corrected chi connectivity index (χ1v) is 3.98. The number of nitrogens with one attached hydrogen (secondary N) is 1. The van der Waals surface area contributed by atoms with Crippen LogP contribution in [0.1, 0.15) is 0 Å². The lowest BCUT2D eigenvalue weighted by Crippen LogP contribution is -2.18. The maximum atomic E-state index is 11.2. The molecule has 0 spiro atoms. The predicted molar refractivity (Wildman–Crippen MR) is 48.9 cm³/mol. The monoisotopic (exact) mass is 216 g/mol. The van der Waals surface area contributed by atoms with Crippen LogP contribution in [0.4, 0.5) is 5.69 Å². The molecule has 0 aliphatic heterocycles. The van der Waals surface area contributed by atoms with Crippen molar-refractivity contribution in [3.05, 3.63) is 27.1 Å². The van der Waals surface area contributed by atoms with Crippen LogP contribution < -0.4 is 10.9 Å². The molecule has 0 aliphatic rings. The number of anilines is 1. The van der Waals surface area contributed by atoms with Crippen molar-refractivity contribution < 1.29 is 0 Å². The summed E-state index contributed by atoms with van der Waals surface area (Å²) < 4.78 is 2.42. The molecule has 0 aliphatic carbocycles. The van der Waals surface area contributed by atoms with Gasteiger partial charge in [0.15, 0.2) is 0 Å². The molecule has 0 radical (unpaired) electrons. The van der Waals surface area contributed by atoms with E-state index in [2.05, 4.69) is 21.2 Å². The third kappa shape index (κ3) is 1.63. The number of hydrogen-bond donors (Lipinski definition) is 1. The average Bonchev–Trinajstić information content (AvgIpc) is 1.96. The summed E-state index contributed by atoms with van der Waals surface area (Å²) in [4.78, 5) is 11.2. The lowest BCUT2D eigenvalue weighted by Gasteiger charge is -2.02. The highest BCUT2D eigenvalue weighted by Gasteiger charge is 1.99. The Morgan fingerprint density at radius 2 is 2.27 bits per heavy atom. The minimum Gasteiger partial charge on any atom is -0.384 e. The van der Waals surface area contributed by atoms with Gasteiger partial charge in [-0.25, -0.2) is 0 Å². The molecule has 11 heavy (non-hydrogen) atoms. The van der Waals surface area contributed by atoms with Gasteiger partial charge in [0.25, 0.3) is 5.56 Å². The number of aryl methyl sites for hydroxylation is 1. The fourth-order valence-electron chi connectivity index (χ4n) is 0.850. The first-order valence-electron chi connectivity index (χ1n) is 3.19. The zero-order chi connectivity index (χ0) is 8.43. The minimum absolute atomic E-state index is 0.0179. The zero-order valence-corrected chi connectivity index (χ0v) is 7.97. The van der Waals surface area contributed by atoms with Crippen LogP contribution in [0.15, 0.2) is 21.5 Å². The molecule has 0 unspecified atom stereocenters. The van der Waals surface area contributed by atoms with Gasteiger partial charge in [0.2, 0.25) is 0 Å². The largest absolute Gasteiger partial charge is 0.384 e. The molecule has 1 rings (SSSR count). The van der Waals surface area contributed by atoms with Crippen LogP contribution in [-0.2, 0) is 7.05 Å². The maximum absolute atomic E-state index is 11.2. The molecule has 0 bridgehead atoms. The fraction of sp³-hybridized carbons (Fsp3) is 0.286. The Morgan fingerprint density at radius 3 is 2.82 bits per heavy atom. The average molecular weight is 217 g/mol. The van der Waals surface area contributed by atoms with Crippen molar-refractivity contribution in [2.45, 2.75) is 0 Å². The van der Waals surface area contributed by atoms with Gasteiger partial charge in [0.05, 0.1) is 0 Å². The van der Waals surface area contributed by atoms with E-state index in [0.29, 0.717) is 5.69 Å². The Labute approximate surface area is 73.2 Å². The highest BCUT2D eigenvalue weighted by atomic mass is 79.9. The van der Waals surface area contributed by atoms with E-state index < -0.39 is 0 Å². The SMILES string of the molecule is CNc1cc(Br)cn(C)c1=O. The first-order chi connectivity index (χ1) is 5.15. The standard InChI is InChI=1S/C7H9BrN2O/c1-9-6-3-5(8)4-10(2)7(6)11/h3-4,9H,1-2H3. The van der Waals surface area contributed by atoms with Crippen molar-refractivity contribution in [3.8, 4) is 0 Å². The van der Waals surface area contributed by atoms with Crippen molar-refractivity contribution in [1.29, 1.82) is 0 Å². The van der Waals surface area contributed by atoms with Crippen LogP contribution in [0.5, 0.6) is 0 Å². The number of aromatic nitrogens is 1. The quantitative estimate of drug-likeness (QED) is 0.766. The van der Waals surface area contributed by atoms with Crippen LogP contribution >= 0.6 is 15.9 Å². The van der Waals surface area contributed by atoms with Crippen LogP contribution in [-0.4, -0.2) is 11.6 Å². The lowest BCUT2D eigenvalue weighted by molar-refractivity contribution is 0.857. The molecule has 1 aromatic rings. The lowest BCUT2D eigenvalue weighted by atomic mass is 10.4. The van der Waals surface area contributed by atoms with Gasteiger partial charge in [-0.1, -0.05) is 0 Å². The van der Waals surface area contributed by atoms with E-state index >= 15 is 0 Å². The van der Waals surface area contributed by atoms with Gasteiger partial charge in [-0.05, 0) is 22.0 Å². The summed E-state index contributed by atoms with van der Waals surface area (Å²) in [5.41, 5.74) is 0.581. The number of rotatable bonds is 1. The summed E-state index contributed by atoms with van der Waals surface area (Å²) in [7, 11) is 3.44. The Hall–Kier alpha value is -0.770. The van der Waals surface area contributed by atoms with E-state index in [1.54, 1.807) is 26.4 Å². The highest BCUT2D eigenvalue weighted by molar-refractivity contribution is 9.10. The molecule has 4 heteroatoms. The van der Waals surface area contributed by atoms with Crippen molar-refractivity contribution in [2.24, 2.45) is 7.05 Å². The summed E-state index contributed by atoms with van der Waals surface area (Å²) in [6, 6.07) is 1.75. The molecule has 1 N–H and O–H groups in total. The van der Waals surface area contributed by atoms with Gasteiger partial charge in [0.1, 0.15) is 5.69 Å². The summed E-state index contributed by atoms with van der Waals surface area (Å²) in [5, 5.41) is 2.81. The van der Waals surface area contributed by atoms with E-state index in [1.807, 2.05) is 0 Å². The van der Waals surface area contributed by atoms with Gasteiger partial charge in [-0.2, -0.15) is 0 Å². The molecule has 1 heterocycles. The minimum atomic E-state index is -0.0179. The molecule has 60 valence electrons. The number of nitrogens with zero attached hydrogens (tertiary/aromatic N) is 1. The molecule has 0 atom stereocenters. The second-order valence-electron chi connectivity index (χ2n) is 2.24. The second-order valence-corrected chi connectivity index (χ2v) is 3.15. The maximum Gasteiger partial charge on any atom is 0.273 e. The molecule has 0 aromatic carbocycles. The summed E-state index contributed by atoms with van der Waals surface area (Å²) in [6.45, 7) is 0. The molecule has 0 saturated carbocycles. The Bertz CT molecular complexity index is 319. The van der Waals surface area contributed by atoms with Crippen LogP contribution in [0.25, 0.3) is 0 Å². The molecule has 1 aromatic heterocycles. The van der Waals surface area contributed by atoms with Crippen molar-refractivity contribution in [2.75, 3.05) is 12.4 Å². The molecule has 3 nitrogen and oxygen atoms in total. The Kier molecular flexibility index (Phi) is 2.34. The molecular weight excluding hydrogens is 208 g/mol. The summed E-state index contributed by atoms with van der Waals surface area (Å²) >= 11 is 3.29. The predicted octanol–water partition coefficient (Wildman–Crippen LogP) is 1.19. The van der Waals surface area contributed by atoms with Crippen LogP contribution in [0, 0.1) is 0 Å². The Balaban J connectivity index is 3.37. The van der Waals surface area contributed by atoms with Crippen molar-refractivity contribution in [3.63, 3.8) is 0 Å². The fourth-order valence-corrected chi connectivity index (χ4v) is 1.39.